The van der Waals surface area contributed by atoms with Gasteiger partial charge in [0.1, 0.15) is 16.7 Å². The lowest BCUT2D eigenvalue weighted by molar-refractivity contribution is -0.384. The average molecular weight is 659 g/mol. The topological polar surface area (TPSA) is 140 Å². The Labute approximate surface area is 281 Å². The highest BCUT2D eigenvalue weighted by atomic mass is 32.2. The zero-order chi connectivity index (χ0) is 33.9. The molecule has 0 fully saturated rings. The summed E-state index contributed by atoms with van der Waals surface area (Å²) in [7, 11) is 1.58. The van der Waals surface area contributed by atoms with Crippen molar-refractivity contribution in [2.24, 2.45) is 0 Å². The molecule has 1 atom stereocenters. The van der Waals surface area contributed by atoms with E-state index >= 15 is 0 Å². The summed E-state index contributed by atoms with van der Waals surface area (Å²) in [6.07, 6.45) is 1.44. The van der Waals surface area contributed by atoms with Crippen LogP contribution in [0.1, 0.15) is 26.7 Å². The maximum absolute atomic E-state index is 13.5. The number of carbonyl (C=O) groups excluding carboxylic acids is 3. The van der Waals surface area contributed by atoms with Gasteiger partial charge in [0.25, 0.3) is 17.5 Å². The van der Waals surface area contributed by atoms with Crippen LogP contribution in [0.4, 0.5) is 17.1 Å². The number of hydrogen-bond acceptors (Lipinski definition) is 7. The first-order valence-corrected chi connectivity index (χ1v) is 15.6. The van der Waals surface area contributed by atoms with Gasteiger partial charge >= 0.3 is 0 Å². The van der Waals surface area contributed by atoms with Gasteiger partial charge in [-0.05, 0) is 90.0 Å². The third-order valence-corrected chi connectivity index (χ3v) is 8.27. The second kappa shape index (κ2) is 15.9. The number of nitro groups is 1. The van der Waals surface area contributed by atoms with Crippen LogP contribution in [0.25, 0.3) is 6.08 Å². The standard InChI is InChI=1S/C37H30N4O6S/c1-47-31-20-14-28(15-21-31)39-37(44)34(26-8-4-2-5-9-26)48-32-22-16-29(17-23-32)38-36(43)33(40-35(42)27-10-6-3-7-11-27)24-25-12-18-30(19-13-25)41(45)46/h2-24,34H,1H3,(H,38,43)(H,39,44)(H,40,42)/b33-24-. The molecule has 0 spiro atoms. The molecule has 240 valence electrons. The smallest absolute Gasteiger partial charge is 0.272 e. The molecular weight excluding hydrogens is 628 g/mol. The average Bonchev–Trinajstić information content (AvgIpc) is 3.12. The number of anilines is 2. The minimum atomic E-state index is -0.598. The van der Waals surface area contributed by atoms with Crippen LogP contribution in [0.15, 0.2) is 144 Å². The normalized spacial score (nSPS) is 11.6. The van der Waals surface area contributed by atoms with Crippen molar-refractivity contribution in [1.82, 2.24) is 5.32 Å². The first-order chi connectivity index (χ1) is 23.3. The fourth-order valence-corrected chi connectivity index (χ4v) is 5.56. The Hall–Kier alpha value is -6.20. The van der Waals surface area contributed by atoms with Crippen molar-refractivity contribution in [2.45, 2.75) is 10.1 Å². The summed E-state index contributed by atoms with van der Waals surface area (Å²) in [6, 6.07) is 37.5. The van der Waals surface area contributed by atoms with Crippen molar-refractivity contribution < 1.29 is 24.0 Å². The third-order valence-electron chi connectivity index (χ3n) is 7.01. The minimum Gasteiger partial charge on any atom is -0.497 e. The van der Waals surface area contributed by atoms with E-state index in [-0.39, 0.29) is 17.3 Å². The summed E-state index contributed by atoms with van der Waals surface area (Å²) >= 11 is 1.36. The third kappa shape index (κ3) is 8.95. The quantitative estimate of drug-likeness (QED) is 0.0546. The van der Waals surface area contributed by atoms with E-state index in [0.717, 1.165) is 10.5 Å². The zero-order valence-corrected chi connectivity index (χ0v) is 26.5. The molecule has 0 radical (unpaired) electrons. The Bertz CT molecular complexity index is 1920. The van der Waals surface area contributed by atoms with Crippen LogP contribution >= 0.6 is 11.8 Å². The Morgan fingerprint density at radius 2 is 1.33 bits per heavy atom. The van der Waals surface area contributed by atoms with Gasteiger partial charge in [0.15, 0.2) is 0 Å². The summed E-state index contributed by atoms with van der Waals surface area (Å²) in [6.45, 7) is 0. The number of ether oxygens (including phenoxy) is 1. The minimum absolute atomic E-state index is 0.0597. The second-order valence-electron chi connectivity index (χ2n) is 10.3. The molecule has 5 aromatic carbocycles. The fourth-order valence-electron chi connectivity index (χ4n) is 4.54. The summed E-state index contributed by atoms with van der Waals surface area (Å²) in [5.74, 6) is -0.616. The van der Waals surface area contributed by atoms with Gasteiger partial charge in [-0.3, -0.25) is 24.5 Å². The maximum Gasteiger partial charge on any atom is 0.272 e. The van der Waals surface area contributed by atoms with E-state index in [9.17, 15) is 24.5 Å². The molecular formula is C37H30N4O6S. The van der Waals surface area contributed by atoms with Crippen LogP contribution in [-0.4, -0.2) is 29.8 Å². The molecule has 48 heavy (non-hydrogen) atoms. The summed E-state index contributed by atoms with van der Waals surface area (Å²) in [5, 5.41) is 18.9. The van der Waals surface area contributed by atoms with E-state index in [1.807, 2.05) is 30.3 Å². The molecule has 3 N–H and O–H groups in total. The van der Waals surface area contributed by atoms with Gasteiger partial charge in [-0.1, -0.05) is 48.5 Å². The van der Waals surface area contributed by atoms with Gasteiger partial charge in [-0.2, -0.15) is 0 Å². The largest absolute Gasteiger partial charge is 0.497 e. The predicted octanol–water partition coefficient (Wildman–Crippen LogP) is 7.49. The van der Waals surface area contributed by atoms with E-state index in [1.54, 1.807) is 86.0 Å². The highest BCUT2D eigenvalue weighted by Gasteiger charge is 2.23. The van der Waals surface area contributed by atoms with Gasteiger partial charge in [-0.15, -0.1) is 11.8 Å². The van der Waals surface area contributed by atoms with Crippen LogP contribution < -0.4 is 20.7 Å². The SMILES string of the molecule is COc1ccc(NC(=O)C(Sc2ccc(NC(=O)/C(=C/c3ccc([N+](=O)[O-])cc3)NC(=O)c3ccccc3)cc2)c2ccccc2)cc1. The molecule has 0 heterocycles. The number of non-ortho nitro benzene ring substituents is 1. The predicted molar refractivity (Wildman–Crippen MR) is 187 cm³/mol. The van der Waals surface area contributed by atoms with Crippen LogP contribution in [0.3, 0.4) is 0 Å². The van der Waals surface area contributed by atoms with Gasteiger partial charge in [0.2, 0.25) is 5.91 Å². The number of nitro benzene ring substituents is 1. The number of carbonyl (C=O) groups is 3. The zero-order valence-electron chi connectivity index (χ0n) is 25.7. The van der Waals surface area contributed by atoms with Crippen molar-refractivity contribution >= 4 is 52.6 Å². The van der Waals surface area contributed by atoms with Crippen LogP contribution in [0, 0.1) is 10.1 Å². The molecule has 3 amide bonds. The lowest BCUT2D eigenvalue weighted by Crippen LogP contribution is -2.30. The van der Waals surface area contributed by atoms with Gasteiger partial charge in [0, 0.05) is 34.0 Å². The van der Waals surface area contributed by atoms with Gasteiger partial charge < -0.3 is 20.7 Å². The van der Waals surface area contributed by atoms with Gasteiger partial charge in [0.05, 0.1) is 12.0 Å². The molecule has 11 heteroatoms. The monoisotopic (exact) mass is 658 g/mol. The molecule has 0 aliphatic rings. The highest BCUT2D eigenvalue weighted by molar-refractivity contribution is 8.00. The van der Waals surface area contributed by atoms with Crippen molar-refractivity contribution in [3.05, 3.63) is 166 Å². The second-order valence-corrected chi connectivity index (χ2v) is 11.5. The van der Waals surface area contributed by atoms with Crippen LogP contribution in [0.5, 0.6) is 5.75 Å². The van der Waals surface area contributed by atoms with Crippen LogP contribution in [-0.2, 0) is 9.59 Å². The molecule has 0 bridgehead atoms. The van der Waals surface area contributed by atoms with Crippen LogP contribution in [0.2, 0.25) is 0 Å². The number of amides is 3. The number of hydrogen-bond donors (Lipinski definition) is 3. The molecule has 0 aromatic heterocycles. The summed E-state index contributed by atoms with van der Waals surface area (Å²) in [4.78, 5) is 51.2. The first-order valence-electron chi connectivity index (χ1n) is 14.7. The van der Waals surface area contributed by atoms with Gasteiger partial charge in [-0.25, -0.2) is 0 Å². The summed E-state index contributed by atoms with van der Waals surface area (Å²) < 4.78 is 5.20. The highest BCUT2D eigenvalue weighted by Crippen LogP contribution is 2.37. The molecule has 1 unspecified atom stereocenters. The number of nitrogens with zero attached hydrogens (tertiary/aromatic N) is 1. The van der Waals surface area contributed by atoms with E-state index in [2.05, 4.69) is 16.0 Å². The molecule has 0 saturated carbocycles. The number of methoxy groups -OCH3 is 1. The van der Waals surface area contributed by atoms with Crippen molar-refractivity contribution in [2.75, 3.05) is 17.7 Å². The molecule has 10 nitrogen and oxygen atoms in total. The Kier molecular flexibility index (Phi) is 11.0. The maximum atomic E-state index is 13.5. The van der Waals surface area contributed by atoms with E-state index in [0.29, 0.717) is 28.3 Å². The van der Waals surface area contributed by atoms with E-state index in [4.69, 9.17) is 4.74 Å². The van der Waals surface area contributed by atoms with E-state index in [1.165, 1.54) is 42.1 Å². The Morgan fingerprint density at radius 1 is 0.750 bits per heavy atom. The summed E-state index contributed by atoms with van der Waals surface area (Å²) in [5.41, 5.74) is 2.58. The van der Waals surface area contributed by atoms with Crippen molar-refractivity contribution in [3.8, 4) is 5.75 Å². The number of thioether (sulfide) groups is 1. The number of nitrogens with one attached hydrogen (secondary N) is 3. The Morgan fingerprint density at radius 3 is 1.94 bits per heavy atom. The molecule has 5 aromatic rings. The number of benzene rings is 5. The Balaban J connectivity index is 1.32. The molecule has 0 saturated heterocycles. The van der Waals surface area contributed by atoms with Crippen molar-refractivity contribution in [1.29, 1.82) is 0 Å². The van der Waals surface area contributed by atoms with Crippen molar-refractivity contribution in [3.63, 3.8) is 0 Å². The molecule has 0 aliphatic carbocycles. The first kappa shape index (κ1) is 33.2. The lowest BCUT2D eigenvalue weighted by Gasteiger charge is -2.18. The molecule has 5 rings (SSSR count). The fraction of sp³-hybridized carbons (Fsp3) is 0.0541. The lowest BCUT2D eigenvalue weighted by atomic mass is 10.1. The van der Waals surface area contributed by atoms with E-state index < -0.39 is 22.0 Å². The molecule has 0 aliphatic heterocycles. The number of rotatable bonds is 12.